The molecule has 3 aromatic carbocycles. The summed E-state index contributed by atoms with van der Waals surface area (Å²) in [5.74, 6) is -1.14. The largest absolute Gasteiger partial charge is 0.497 e. The molecule has 11 heteroatoms. The number of anilines is 1. The number of sulfonamides is 1. The third kappa shape index (κ3) is 7.70. The lowest BCUT2D eigenvalue weighted by Gasteiger charge is -2.32. The Bertz CT molecular complexity index is 1400. The highest BCUT2D eigenvalue weighted by atomic mass is 35.5. The number of benzene rings is 3. The van der Waals surface area contributed by atoms with Gasteiger partial charge in [0.05, 0.1) is 17.7 Å². The fraction of sp³-hybridized carbons (Fsp3) is 0.286. The number of hydrogen-bond acceptors (Lipinski definition) is 5. The number of carbonyl (C=O) groups excluding carboxylic acids is 2. The van der Waals surface area contributed by atoms with E-state index in [9.17, 15) is 22.4 Å². The molecule has 1 atom stereocenters. The molecule has 0 aliphatic rings. The summed E-state index contributed by atoms with van der Waals surface area (Å²) in [4.78, 5) is 27.9. The molecule has 208 valence electrons. The van der Waals surface area contributed by atoms with Gasteiger partial charge in [-0.05, 0) is 87.0 Å². The Morgan fingerprint density at radius 1 is 1.00 bits per heavy atom. The molecule has 8 nitrogen and oxygen atoms in total. The minimum absolute atomic E-state index is 0.00587. The van der Waals surface area contributed by atoms with Gasteiger partial charge in [-0.25, -0.2) is 12.8 Å². The second-order valence-electron chi connectivity index (χ2n) is 9.15. The van der Waals surface area contributed by atoms with Gasteiger partial charge in [-0.3, -0.25) is 13.9 Å². The van der Waals surface area contributed by atoms with Crippen molar-refractivity contribution in [2.45, 2.75) is 44.3 Å². The molecule has 0 fully saturated rings. The van der Waals surface area contributed by atoms with E-state index in [1.54, 1.807) is 45.0 Å². The number of carbonyl (C=O) groups is 2. The zero-order valence-corrected chi connectivity index (χ0v) is 23.7. The third-order valence-corrected chi connectivity index (χ3v) is 7.90. The van der Waals surface area contributed by atoms with Gasteiger partial charge in [0.25, 0.3) is 10.0 Å². The summed E-state index contributed by atoms with van der Waals surface area (Å²) in [5.41, 5.74) is 0.744. The molecule has 0 saturated heterocycles. The zero-order chi connectivity index (χ0) is 28.7. The first kappa shape index (κ1) is 29.9. The molecule has 0 bridgehead atoms. The number of halogens is 2. The van der Waals surface area contributed by atoms with E-state index in [2.05, 4.69) is 5.32 Å². The molecule has 39 heavy (non-hydrogen) atoms. The molecule has 0 aliphatic carbocycles. The minimum atomic E-state index is -4.28. The molecule has 0 heterocycles. The average Bonchev–Trinajstić information content (AvgIpc) is 2.90. The van der Waals surface area contributed by atoms with Gasteiger partial charge in [0.15, 0.2) is 0 Å². The van der Waals surface area contributed by atoms with Crippen molar-refractivity contribution in [2.24, 2.45) is 0 Å². The molecule has 0 saturated carbocycles. The monoisotopic (exact) mass is 575 g/mol. The van der Waals surface area contributed by atoms with Crippen LogP contribution in [0.3, 0.4) is 0 Å². The van der Waals surface area contributed by atoms with Gasteiger partial charge in [-0.15, -0.1) is 0 Å². The maximum Gasteiger partial charge on any atom is 0.264 e. The van der Waals surface area contributed by atoms with E-state index in [1.165, 1.54) is 48.4 Å². The molecule has 0 aliphatic heterocycles. The molecular weight excluding hydrogens is 545 g/mol. The van der Waals surface area contributed by atoms with Crippen molar-refractivity contribution < 1.29 is 27.1 Å². The fourth-order valence-corrected chi connectivity index (χ4v) is 5.46. The molecule has 0 spiro atoms. The summed E-state index contributed by atoms with van der Waals surface area (Å²) < 4.78 is 47.2. The SMILES string of the molecule is COc1ccc(S(=O)(=O)N(CC(=O)N(Cc2cccc(Cl)c2)[C@H](C)C(=O)NC(C)C)c2ccc(F)cc2)cc1. The number of amides is 2. The summed E-state index contributed by atoms with van der Waals surface area (Å²) in [6.07, 6.45) is 0. The van der Waals surface area contributed by atoms with Crippen molar-refractivity contribution in [1.29, 1.82) is 0 Å². The first-order chi connectivity index (χ1) is 18.4. The second kappa shape index (κ2) is 12.9. The van der Waals surface area contributed by atoms with E-state index in [0.717, 1.165) is 16.4 Å². The van der Waals surface area contributed by atoms with E-state index < -0.39 is 40.2 Å². The van der Waals surface area contributed by atoms with Crippen molar-refractivity contribution in [1.82, 2.24) is 10.2 Å². The lowest BCUT2D eigenvalue weighted by molar-refractivity contribution is -0.139. The minimum Gasteiger partial charge on any atom is -0.497 e. The van der Waals surface area contributed by atoms with E-state index >= 15 is 0 Å². The molecule has 0 unspecified atom stereocenters. The standard InChI is InChI=1S/C28H31ClFN3O5S/c1-19(2)31-28(35)20(3)32(17-21-6-5-7-22(29)16-21)27(34)18-33(24-10-8-23(30)9-11-24)39(36,37)26-14-12-25(38-4)13-15-26/h5-16,19-20H,17-18H2,1-4H3,(H,31,35)/t20-/m1/s1. The Morgan fingerprint density at radius 2 is 1.64 bits per heavy atom. The van der Waals surface area contributed by atoms with Crippen LogP contribution in [0.2, 0.25) is 5.02 Å². The lowest BCUT2D eigenvalue weighted by atomic mass is 10.1. The highest BCUT2D eigenvalue weighted by Gasteiger charge is 2.32. The maximum atomic E-state index is 13.8. The fourth-order valence-electron chi connectivity index (χ4n) is 3.83. The number of rotatable bonds is 11. The van der Waals surface area contributed by atoms with E-state index in [4.69, 9.17) is 16.3 Å². The van der Waals surface area contributed by atoms with E-state index in [-0.39, 0.29) is 23.2 Å². The van der Waals surface area contributed by atoms with Crippen LogP contribution in [0.25, 0.3) is 0 Å². The zero-order valence-electron chi connectivity index (χ0n) is 22.1. The van der Waals surface area contributed by atoms with Crippen LogP contribution in [0.15, 0.2) is 77.7 Å². The highest BCUT2D eigenvalue weighted by molar-refractivity contribution is 7.92. The molecule has 0 radical (unpaired) electrons. The summed E-state index contributed by atoms with van der Waals surface area (Å²) in [5, 5.41) is 3.24. The predicted octanol–water partition coefficient (Wildman–Crippen LogP) is 4.62. The molecule has 0 aromatic heterocycles. The first-order valence-electron chi connectivity index (χ1n) is 12.2. The molecule has 2 amide bonds. The van der Waals surface area contributed by atoms with Gasteiger partial charge in [-0.2, -0.15) is 0 Å². The number of nitrogens with one attached hydrogen (secondary N) is 1. The smallest absolute Gasteiger partial charge is 0.264 e. The van der Waals surface area contributed by atoms with Crippen LogP contribution in [0, 0.1) is 5.82 Å². The van der Waals surface area contributed by atoms with Crippen molar-refractivity contribution in [3.63, 3.8) is 0 Å². The summed E-state index contributed by atoms with van der Waals surface area (Å²) in [6.45, 7) is 4.53. The van der Waals surface area contributed by atoms with Gasteiger partial charge in [0, 0.05) is 17.6 Å². The normalized spacial score (nSPS) is 12.1. The number of nitrogens with zero attached hydrogens (tertiary/aromatic N) is 2. The van der Waals surface area contributed by atoms with Gasteiger partial charge < -0.3 is 15.0 Å². The number of ether oxygens (including phenoxy) is 1. The summed E-state index contributed by atoms with van der Waals surface area (Å²) in [6, 6.07) is 16.2. The molecule has 3 rings (SSSR count). The third-order valence-electron chi connectivity index (χ3n) is 5.88. The van der Waals surface area contributed by atoms with Crippen molar-refractivity contribution in [3.8, 4) is 5.75 Å². The average molecular weight is 576 g/mol. The Labute approximate surface area is 233 Å². The van der Waals surface area contributed by atoms with Crippen LogP contribution in [-0.4, -0.2) is 50.9 Å². The van der Waals surface area contributed by atoms with Crippen LogP contribution in [-0.2, 0) is 26.2 Å². The quantitative estimate of drug-likeness (QED) is 0.360. The van der Waals surface area contributed by atoms with Gasteiger partial charge >= 0.3 is 0 Å². The van der Waals surface area contributed by atoms with Crippen LogP contribution >= 0.6 is 11.6 Å². The Hall–Kier alpha value is -3.63. The number of methoxy groups -OCH3 is 1. The molecule has 3 aromatic rings. The predicted molar refractivity (Wildman–Crippen MR) is 149 cm³/mol. The van der Waals surface area contributed by atoms with Crippen LogP contribution in [0.4, 0.5) is 10.1 Å². The Balaban J connectivity index is 2.03. The second-order valence-corrected chi connectivity index (χ2v) is 11.5. The Kier molecular flexibility index (Phi) is 9.93. The summed E-state index contributed by atoms with van der Waals surface area (Å²) >= 11 is 6.14. The van der Waals surface area contributed by atoms with Crippen molar-refractivity contribution in [2.75, 3.05) is 18.0 Å². The van der Waals surface area contributed by atoms with Crippen molar-refractivity contribution in [3.05, 3.63) is 89.2 Å². The van der Waals surface area contributed by atoms with E-state index in [0.29, 0.717) is 16.3 Å². The molecular formula is C28H31ClFN3O5S. The number of hydrogen-bond donors (Lipinski definition) is 1. The first-order valence-corrected chi connectivity index (χ1v) is 14.0. The van der Waals surface area contributed by atoms with E-state index in [1.807, 2.05) is 0 Å². The lowest BCUT2D eigenvalue weighted by Crippen LogP contribution is -2.52. The van der Waals surface area contributed by atoms with Gasteiger partial charge in [0.2, 0.25) is 11.8 Å². The van der Waals surface area contributed by atoms with Crippen LogP contribution < -0.4 is 14.4 Å². The van der Waals surface area contributed by atoms with Gasteiger partial charge in [0.1, 0.15) is 24.2 Å². The van der Waals surface area contributed by atoms with Crippen molar-refractivity contribution >= 4 is 39.1 Å². The highest BCUT2D eigenvalue weighted by Crippen LogP contribution is 2.26. The Morgan fingerprint density at radius 3 is 2.21 bits per heavy atom. The van der Waals surface area contributed by atoms with Gasteiger partial charge in [-0.1, -0.05) is 23.7 Å². The maximum absolute atomic E-state index is 13.8. The molecule has 1 N–H and O–H groups in total. The van der Waals surface area contributed by atoms with Crippen LogP contribution in [0.1, 0.15) is 26.3 Å². The topological polar surface area (TPSA) is 96.0 Å². The summed E-state index contributed by atoms with van der Waals surface area (Å²) in [7, 11) is -2.82. The van der Waals surface area contributed by atoms with Crippen LogP contribution in [0.5, 0.6) is 5.75 Å².